The van der Waals surface area contributed by atoms with E-state index in [4.69, 9.17) is 17.3 Å². The summed E-state index contributed by atoms with van der Waals surface area (Å²) in [6, 6.07) is 7.13. The van der Waals surface area contributed by atoms with Crippen molar-refractivity contribution in [3.8, 4) is 0 Å². The smallest absolute Gasteiger partial charge is 0.326 e. The Morgan fingerprint density at radius 2 is 1.94 bits per heavy atom. The van der Waals surface area contributed by atoms with E-state index < -0.39 is 44.7 Å². The second-order valence-corrected chi connectivity index (χ2v) is 9.51. The van der Waals surface area contributed by atoms with Crippen LogP contribution in [0.3, 0.4) is 0 Å². The summed E-state index contributed by atoms with van der Waals surface area (Å²) in [5.74, 6) is -0.846. The lowest BCUT2D eigenvalue weighted by Crippen LogP contribution is -2.32. The number of alkyl halides is 3. The molecule has 0 radical (unpaired) electrons. The van der Waals surface area contributed by atoms with Gasteiger partial charge in [0.05, 0.1) is 27.2 Å². The molecule has 0 atom stereocenters. The van der Waals surface area contributed by atoms with Crippen molar-refractivity contribution in [3.63, 3.8) is 0 Å². The van der Waals surface area contributed by atoms with Crippen molar-refractivity contribution in [3.05, 3.63) is 81.0 Å². The number of carbonyl (C=O) groups excluding carboxylic acids is 1. The Bertz CT molecular complexity index is 1420. The summed E-state index contributed by atoms with van der Waals surface area (Å²) in [7, 11) is -4.63. The number of pyridine rings is 1. The summed E-state index contributed by atoms with van der Waals surface area (Å²) < 4.78 is 69.0. The summed E-state index contributed by atoms with van der Waals surface area (Å²) in [5, 5.41) is 6.02. The van der Waals surface area contributed by atoms with Gasteiger partial charge in [0.2, 0.25) is 15.9 Å². The van der Waals surface area contributed by atoms with Crippen molar-refractivity contribution < 1.29 is 26.4 Å². The largest absolute Gasteiger partial charge is 0.417 e. The van der Waals surface area contributed by atoms with Crippen LogP contribution >= 0.6 is 11.6 Å². The Morgan fingerprint density at radius 3 is 2.58 bits per heavy atom. The highest BCUT2D eigenvalue weighted by Crippen LogP contribution is 2.35. The lowest BCUT2D eigenvalue weighted by Gasteiger charge is -2.16. The number of carbonyl (C=O) groups is 1. The van der Waals surface area contributed by atoms with Crippen molar-refractivity contribution in [1.29, 1.82) is 0 Å². The van der Waals surface area contributed by atoms with Gasteiger partial charge in [0.25, 0.3) is 5.56 Å². The number of nitrogens with two attached hydrogens (primary N) is 1. The fourth-order valence-corrected chi connectivity index (χ4v) is 4.62. The van der Waals surface area contributed by atoms with E-state index in [-0.39, 0.29) is 35.8 Å². The van der Waals surface area contributed by atoms with Gasteiger partial charge < -0.3 is 11.1 Å². The number of benzene rings is 1. The zero-order valence-electron chi connectivity index (χ0n) is 18.4. The van der Waals surface area contributed by atoms with Gasteiger partial charge in [-0.05, 0) is 30.3 Å². The van der Waals surface area contributed by atoms with Crippen LogP contribution in [0.2, 0.25) is 5.02 Å². The topological polar surface area (TPSA) is 149 Å². The lowest BCUT2D eigenvalue weighted by molar-refractivity contribution is -0.139. The van der Waals surface area contributed by atoms with Crippen LogP contribution in [-0.4, -0.2) is 35.6 Å². The Balaban J connectivity index is 1.82. The molecule has 4 N–H and O–H groups in total. The molecule has 192 valence electrons. The third kappa shape index (κ3) is 6.66. The van der Waals surface area contributed by atoms with E-state index in [1.54, 1.807) is 18.2 Å². The van der Waals surface area contributed by atoms with Crippen molar-refractivity contribution in [2.45, 2.75) is 30.6 Å². The maximum absolute atomic E-state index is 13.5. The van der Waals surface area contributed by atoms with Crippen molar-refractivity contribution >= 4 is 33.2 Å². The van der Waals surface area contributed by atoms with Crippen LogP contribution in [-0.2, 0) is 40.5 Å². The summed E-state index contributed by atoms with van der Waals surface area (Å²) in [6.45, 7) is -1.02. The number of nitrogens with zero attached hydrogens (tertiary/aromatic N) is 3. The molecule has 36 heavy (non-hydrogen) atoms. The fourth-order valence-electron chi connectivity index (χ4n) is 3.14. The van der Waals surface area contributed by atoms with Gasteiger partial charge in [-0.3, -0.25) is 14.6 Å². The summed E-state index contributed by atoms with van der Waals surface area (Å²) in [4.78, 5) is 27.7. The first-order valence-electron chi connectivity index (χ1n) is 10.3. The van der Waals surface area contributed by atoms with Crippen molar-refractivity contribution in [1.82, 2.24) is 19.5 Å². The molecular formula is C21H20ClF3N6O4S. The summed E-state index contributed by atoms with van der Waals surface area (Å²) in [5.41, 5.74) is 3.67. The molecule has 3 aromatic rings. The van der Waals surface area contributed by atoms with E-state index >= 15 is 0 Å². The molecule has 2 aromatic heterocycles. The van der Waals surface area contributed by atoms with Gasteiger partial charge >= 0.3 is 6.18 Å². The van der Waals surface area contributed by atoms with Crippen molar-refractivity contribution in [2.24, 2.45) is 5.73 Å². The molecular weight excluding hydrogens is 525 g/mol. The summed E-state index contributed by atoms with van der Waals surface area (Å²) >= 11 is 5.84. The van der Waals surface area contributed by atoms with Crippen LogP contribution < -0.4 is 21.3 Å². The first-order chi connectivity index (χ1) is 16.9. The lowest BCUT2D eigenvalue weighted by atomic mass is 10.2. The Kier molecular flexibility index (Phi) is 8.45. The maximum Gasteiger partial charge on any atom is 0.417 e. The second-order valence-electron chi connectivity index (χ2n) is 7.36. The van der Waals surface area contributed by atoms with E-state index in [9.17, 15) is 31.2 Å². The molecule has 0 aliphatic heterocycles. The highest BCUT2D eigenvalue weighted by molar-refractivity contribution is 7.89. The van der Waals surface area contributed by atoms with E-state index in [1.165, 1.54) is 6.20 Å². The molecule has 1 aromatic carbocycles. The normalized spacial score (nSPS) is 11.9. The number of sulfonamides is 1. The van der Waals surface area contributed by atoms with Gasteiger partial charge in [0.1, 0.15) is 6.54 Å². The number of anilines is 1. The fraction of sp³-hybridized carbons (Fsp3) is 0.238. The van der Waals surface area contributed by atoms with E-state index in [1.807, 2.05) is 0 Å². The van der Waals surface area contributed by atoms with Crippen LogP contribution in [0.4, 0.5) is 18.9 Å². The zero-order valence-corrected chi connectivity index (χ0v) is 20.0. The van der Waals surface area contributed by atoms with Crippen LogP contribution in [0, 0.1) is 0 Å². The standard InChI is InChI=1S/C21H20ClF3N6O4S/c22-17-11-28-31(20(33)15(17)10-26)12-19(32)30-14-4-5-16(21(23,24)25)18(9-14)36(34,35)29-8-6-13-3-1-2-7-27-13/h1-5,7,9,11,29H,6,8,10,12,26H2,(H,30,32). The first-order valence-corrected chi connectivity index (χ1v) is 12.1. The molecule has 3 rings (SSSR count). The Labute approximate surface area is 208 Å². The van der Waals surface area contributed by atoms with Gasteiger partial charge in [-0.25, -0.2) is 17.8 Å². The zero-order chi connectivity index (χ0) is 26.5. The van der Waals surface area contributed by atoms with Crippen LogP contribution in [0.5, 0.6) is 0 Å². The SMILES string of the molecule is NCc1c(Cl)cnn(CC(=O)Nc2ccc(C(F)(F)F)c(S(=O)(=O)NCCc3ccccn3)c2)c1=O. The van der Waals surface area contributed by atoms with Crippen LogP contribution in [0.15, 0.2) is 58.5 Å². The number of aromatic nitrogens is 3. The number of halogens is 4. The molecule has 0 saturated heterocycles. The average Bonchev–Trinajstić information content (AvgIpc) is 2.81. The molecule has 0 unspecified atom stereocenters. The molecule has 0 fully saturated rings. The number of nitrogens with one attached hydrogen (secondary N) is 2. The first kappa shape index (κ1) is 27.3. The molecule has 0 bridgehead atoms. The highest BCUT2D eigenvalue weighted by atomic mass is 35.5. The molecule has 15 heteroatoms. The molecule has 0 spiro atoms. The minimum atomic E-state index is -4.98. The van der Waals surface area contributed by atoms with Gasteiger partial charge in [-0.15, -0.1) is 0 Å². The monoisotopic (exact) mass is 544 g/mol. The maximum atomic E-state index is 13.5. The molecule has 0 aliphatic carbocycles. The van der Waals surface area contributed by atoms with Gasteiger partial charge in [-0.1, -0.05) is 17.7 Å². The molecule has 2 heterocycles. The quantitative estimate of drug-likeness (QED) is 0.372. The molecule has 1 amide bonds. The number of rotatable bonds is 9. The van der Waals surface area contributed by atoms with Crippen molar-refractivity contribution in [2.75, 3.05) is 11.9 Å². The van der Waals surface area contributed by atoms with Gasteiger partial charge in [0.15, 0.2) is 0 Å². The summed E-state index contributed by atoms with van der Waals surface area (Å²) in [6.07, 6.45) is -2.21. The average molecular weight is 545 g/mol. The van der Waals surface area contributed by atoms with E-state index in [0.29, 0.717) is 17.8 Å². The Hall–Kier alpha value is -3.33. The van der Waals surface area contributed by atoms with E-state index in [2.05, 4.69) is 20.1 Å². The minimum Gasteiger partial charge on any atom is -0.326 e. The Morgan fingerprint density at radius 1 is 1.19 bits per heavy atom. The van der Waals surface area contributed by atoms with Crippen LogP contribution in [0.1, 0.15) is 16.8 Å². The molecule has 0 aliphatic rings. The predicted molar refractivity (Wildman–Crippen MR) is 125 cm³/mol. The number of hydrogen-bond donors (Lipinski definition) is 3. The minimum absolute atomic E-state index is 0.0206. The van der Waals surface area contributed by atoms with Crippen LogP contribution in [0.25, 0.3) is 0 Å². The molecule has 10 nitrogen and oxygen atoms in total. The second kappa shape index (κ2) is 11.2. The third-order valence-electron chi connectivity index (χ3n) is 4.85. The number of amides is 1. The highest BCUT2D eigenvalue weighted by Gasteiger charge is 2.37. The number of hydrogen-bond acceptors (Lipinski definition) is 7. The molecule has 0 saturated carbocycles. The van der Waals surface area contributed by atoms with Gasteiger partial charge in [-0.2, -0.15) is 18.3 Å². The van der Waals surface area contributed by atoms with E-state index in [0.717, 1.165) is 16.9 Å². The van der Waals surface area contributed by atoms with Gasteiger partial charge in [0, 0.05) is 37.1 Å². The third-order valence-corrected chi connectivity index (χ3v) is 6.68. The predicted octanol–water partition coefficient (Wildman–Crippen LogP) is 1.93.